The van der Waals surface area contributed by atoms with E-state index < -0.39 is 0 Å². The predicted molar refractivity (Wildman–Crippen MR) is 115 cm³/mol. The number of hydrogen-bond donors (Lipinski definition) is 2. The molecule has 4 nitrogen and oxygen atoms in total. The average molecular weight is 415 g/mol. The first-order chi connectivity index (χ1) is 13.6. The number of para-hydroxylation sites is 2. The molecule has 0 aromatic heterocycles. The number of ether oxygens (including phenoxy) is 1. The second-order valence-electron chi connectivity index (χ2n) is 6.21. The molecule has 0 radical (unpaired) electrons. The summed E-state index contributed by atoms with van der Waals surface area (Å²) in [6, 6.07) is 20.1. The Morgan fingerprint density at radius 1 is 0.929 bits per heavy atom. The van der Waals surface area contributed by atoms with Crippen LogP contribution in [0.1, 0.15) is 11.1 Å². The summed E-state index contributed by atoms with van der Waals surface area (Å²) in [5, 5.41) is 4.22. The van der Waals surface area contributed by atoms with Gasteiger partial charge in [-0.2, -0.15) is 0 Å². The van der Waals surface area contributed by atoms with E-state index in [9.17, 15) is 4.79 Å². The fraction of sp³-hybridized carbons (Fsp3) is 0.136. The van der Waals surface area contributed by atoms with E-state index in [1.165, 1.54) is 0 Å². The second kappa shape index (κ2) is 9.60. The standard InChI is InChI=1S/C22H20Cl2N2O2/c23-18-5-3-6-19(24)22(18)26-20-7-2-1-4-16(20)14-21(27)28-17-10-8-15(9-11-17)12-13-25/h1-11,26H,12-14,25H2. The van der Waals surface area contributed by atoms with Gasteiger partial charge in [-0.3, -0.25) is 4.79 Å². The molecule has 0 amide bonds. The molecule has 0 saturated carbocycles. The van der Waals surface area contributed by atoms with Gasteiger partial charge in [-0.15, -0.1) is 0 Å². The summed E-state index contributed by atoms with van der Waals surface area (Å²) in [7, 11) is 0. The lowest BCUT2D eigenvalue weighted by Crippen LogP contribution is -2.12. The lowest BCUT2D eigenvalue weighted by atomic mass is 10.1. The smallest absolute Gasteiger partial charge is 0.315 e. The summed E-state index contributed by atoms with van der Waals surface area (Å²) in [6.07, 6.45) is 0.897. The van der Waals surface area contributed by atoms with Crippen LogP contribution in [0.2, 0.25) is 10.0 Å². The summed E-state index contributed by atoms with van der Waals surface area (Å²) in [6.45, 7) is 0.582. The van der Waals surface area contributed by atoms with Crippen LogP contribution in [-0.4, -0.2) is 12.5 Å². The number of carbonyl (C=O) groups is 1. The predicted octanol–water partition coefficient (Wildman–Crippen LogP) is 5.39. The van der Waals surface area contributed by atoms with Crippen LogP contribution >= 0.6 is 23.2 Å². The van der Waals surface area contributed by atoms with Crippen molar-refractivity contribution < 1.29 is 9.53 Å². The molecule has 0 aliphatic carbocycles. The Morgan fingerprint density at radius 3 is 2.29 bits per heavy atom. The van der Waals surface area contributed by atoms with Gasteiger partial charge in [-0.25, -0.2) is 0 Å². The molecule has 144 valence electrons. The van der Waals surface area contributed by atoms with E-state index >= 15 is 0 Å². The molecule has 0 bridgehead atoms. The summed E-state index contributed by atoms with van der Waals surface area (Å²) in [5.74, 6) is 0.149. The number of halogens is 2. The van der Waals surface area contributed by atoms with Crippen LogP contribution in [0.15, 0.2) is 66.7 Å². The van der Waals surface area contributed by atoms with E-state index in [-0.39, 0.29) is 12.4 Å². The SMILES string of the molecule is NCCc1ccc(OC(=O)Cc2ccccc2Nc2c(Cl)cccc2Cl)cc1. The minimum atomic E-state index is -0.355. The Labute approximate surface area is 174 Å². The normalized spacial score (nSPS) is 10.5. The number of hydrogen-bond acceptors (Lipinski definition) is 4. The highest BCUT2D eigenvalue weighted by Crippen LogP contribution is 2.33. The lowest BCUT2D eigenvalue weighted by Gasteiger charge is -2.14. The molecule has 0 spiro atoms. The molecule has 0 aliphatic heterocycles. The molecule has 3 aromatic rings. The van der Waals surface area contributed by atoms with Gasteiger partial charge in [0.1, 0.15) is 5.75 Å². The Kier molecular flexibility index (Phi) is 6.93. The molecule has 0 atom stereocenters. The van der Waals surface area contributed by atoms with Crippen molar-refractivity contribution in [1.82, 2.24) is 0 Å². The average Bonchev–Trinajstić information content (AvgIpc) is 2.68. The first kappa shape index (κ1) is 20.2. The summed E-state index contributed by atoms with van der Waals surface area (Å²) >= 11 is 12.5. The van der Waals surface area contributed by atoms with Crippen LogP contribution < -0.4 is 15.8 Å². The summed E-state index contributed by atoms with van der Waals surface area (Å²) in [5.41, 5.74) is 8.77. The third-order valence-electron chi connectivity index (χ3n) is 4.16. The maximum absolute atomic E-state index is 12.4. The highest BCUT2D eigenvalue weighted by atomic mass is 35.5. The van der Waals surface area contributed by atoms with Gasteiger partial charge in [0.25, 0.3) is 0 Å². The van der Waals surface area contributed by atoms with Gasteiger partial charge in [-0.1, -0.05) is 59.6 Å². The van der Waals surface area contributed by atoms with Gasteiger partial charge in [0.2, 0.25) is 0 Å². The molecule has 3 N–H and O–H groups in total. The largest absolute Gasteiger partial charge is 0.426 e. The fourth-order valence-electron chi connectivity index (χ4n) is 2.76. The van der Waals surface area contributed by atoms with Crippen LogP contribution in [0, 0.1) is 0 Å². The molecule has 0 aliphatic rings. The van der Waals surface area contributed by atoms with Crippen LogP contribution in [-0.2, 0) is 17.6 Å². The number of rotatable bonds is 7. The van der Waals surface area contributed by atoms with Gasteiger partial charge >= 0.3 is 5.97 Å². The summed E-state index contributed by atoms with van der Waals surface area (Å²) in [4.78, 5) is 12.4. The van der Waals surface area contributed by atoms with Gasteiger partial charge in [0.05, 0.1) is 22.2 Å². The molecule has 3 rings (SSSR count). The van der Waals surface area contributed by atoms with Crippen LogP contribution in [0.4, 0.5) is 11.4 Å². The molecule has 0 heterocycles. The molecule has 3 aromatic carbocycles. The van der Waals surface area contributed by atoms with Crippen molar-refractivity contribution in [1.29, 1.82) is 0 Å². The van der Waals surface area contributed by atoms with Gasteiger partial charge in [-0.05, 0) is 54.4 Å². The van der Waals surface area contributed by atoms with Crippen LogP contribution in [0.5, 0.6) is 5.75 Å². The van der Waals surface area contributed by atoms with Crippen LogP contribution in [0.3, 0.4) is 0 Å². The molecular formula is C22H20Cl2N2O2. The van der Waals surface area contributed by atoms with E-state index in [2.05, 4.69) is 5.32 Å². The Balaban J connectivity index is 1.71. The minimum Gasteiger partial charge on any atom is -0.426 e. The van der Waals surface area contributed by atoms with Gasteiger partial charge in [0, 0.05) is 5.69 Å². The van der Waals surface area contributed by atoms with Crippen molar-refractivity contribution in [3.63, 3.8) is 0 Å². The van der Waals surface area contributed by atoms with Crippen molar-refractivity contribution in [3.05, 3.63) is 87.9 Å². The monoisotopic (exact) mass is 414 g/mol. The second-order valence-corrected chi connectivity index (χ2v) is 7.03. The number of anilines is 2. The number of nitrogens with two attached hydrogens (primary N) is 1. The molecule has 0 saturated heterocycles. The maximum Gasteiger partial charge on any atom is 0.315 e. The Morgan fingerprint density at radius 2 is 1.61 bits per heavy atom. The van der Waals surface area contributed by atoms with Gasteiger partial charge < -0.3 is 15.8 Å². The highest BCUT2D eigenvalue weighted by Gasteiger charge is 2.12. The number of nitrogens with one attached hydrogen (secondary N) is 1. The zero-order valence-electron chi connectivity index (χ0n) is 15.1. The van der Waals surface area contributed by atoms with Gasteiger partial charge in [0.15, 0.2) is 0 Å². The van der Waals surface area contributed by atoms with Crippen molar-refractivity contribution in [2.75, 3.05) is 11.9 Å². The zero-order chi connectivity index (χ0) is 19.9. The third-order valence-corrected chi connectivity index (χ3v) is 4.79. The quantitative estimate of drug-likeness (QED) is 0.401. The van der Waals surface area contributed by atoms with Crippen LogP contribution in [0.25, 0.3) is 0 Å². The first-order valence-electron chi connectivity index (χ1n) is 8.85. The lowest BCUT2D eigenvalue weighted by molar-refractivity contribution is -0.133. The van der Waals surface area contributed by atoms with E-state index in [0.717, 1.165) is 23.2 Å². The molecule has 6 heteroatoms. The van der Waals surface area contributed by atoms with E-state index in [0.29, 0.717) is 28.0 Å². The zero-order valence-corrected chi connectivity index (χ0v) is 16.6. The van der Waals surface area contributed by atoms with Crippen molar-refractivity contribution >= 4 is 40.5 Å². The van der Waals surface area contributed by atoms with Crippen molar-refractivity contribution in [2.45, 2.75) is 12.8 Å². The van der Waals surface area contributed by atoms with Crippen molar-refractivity contribution in [2.24, 2.45) is 5.73 Å². The topological polar surface area (TPSA) is 64.3 Å². The molecule has 0 fully saturated rings. The molecule has 0 unspecified atom stereocenters. The fourth-order valence-corrected chi connectivity index (χ4v) is 3.25. The number of carbonyl (C=O) groups excluding carboxylic acids is 1. The van der Waals surface area contributed by atoms with E-state index in [1.54, 1.807) is 30.3 Å². The first-order valence-corrected chi connectivity index (χ1v) is 9.61. The Hall–Kier alpha value is -2.53. The maximum atomic E-state index is 12.4. The Bertz CT molecular complexity index is 939. The molecular weight excluding hydrogens is 395 g/mol. The number of esters is 1. The number of benzene rings is 3. The highest BCUT2D eigenvalue weighted by molar-refractivity contribution is 6.39. The third kappa shape index (κ3) is 5.26. The summed E-state index contributed by atoms with van der Waals surface area (Å²) < 4.78 is 5.45. The molecule has 28 heavy (non-hydrogen) atoms. The van der Waals surface area contributed by atoms with Crippen molar-refractivity contribution in [3.8, 4) is 5.75 Å². The van der Waals surface area contributed by atoms with E-state index in [1.807, 2.05) is 36.4 Å². The van der Waals surface area contributed by atoms with E-state index in [4.69, 9.17) is 33.7 Å². The minimum absolute atomic E-state index is 0.107.